The van der Waals surface area contributed by atoms with Gasteiger partial charge in [0.25, 0.3) is 0 Å². The minimum atomic E-state index is 0.247. The normalized spacial score (nSPS) is 20.1. The number of piperidine rings is 1. The SMILES string of the molecule is Cc1ccc(N2CCCC(N(C)CCO)C2)c(C)c1. The van der Waals surface area contributed by atoms with E-state index in [9.17, 15) is 0 Å². The topological polar surface area (TPSA) is 26.7 Å². The number of aliphatic hydroxyl groups excluding tert-OH is 1. The monoisotopic (exact) mass is 262 g/mol. The van der Waals surface area contributed by atoms with E-state index >= 15 is 0 Å². The fourth-order valence-electron chi connectivity index (χ4n) is 3.03. The summed E-state index contributed by atoms with van der Waals surface area (Å²) >= 11 is 0. The summed E-state index contributed by atoms with van der Waals surface area (Å²) in [6.07, 6.45) is 2.46. The molecule has 1 unspecified atom stereocenters. The molecule has 1 atom stereocenters. The maximum absolute atomic E-state index is 9.07. The van der Waals surface area contributed by atoms with E-state index in [0.29, 0.717) is 6.04 Å². The Morgan fingerprint density at radius 2 is 2.16 bits per heavy atom. The van der Waals surface area contributed by atoms with Gasteiger partial charge in [-0.15, -0.1) is 0 Å². The molecule has 1 saturated heterocycles. The van der Waals surface area contributed by atoms with Gasteiger partial charge in [0.1, 0.15) is 0 Å². The standard InChI is InChI=1S/C16H26N2O/c1-13-6-7-16(14(2)11-13)18-8-4-5-15(12-18)17(3)9-10-19/h6-7,11,15,19H,4-5,8-10,12H2,1-3H3. The smallest absolute Gasteiger partial charge is 0.0558 e. The highest BCUT2D eigenvalue weighted by molar-refractivity contribution is 5.54. The first-order valence-electron chi connectivity index (χ1n) is 7.25. The number of aliphatic hydroxyl groups is 1. The summed E-state index contributed by atoms with van der Waals surface area (Å²) in [5, 5.41) is 9.07. The van der Waals surface area contributed by atoms with E-state index < -0.39 is 0 Å². The van der Waals surface area contributed by atoms with Crippen molar-refractivity contribution in [2.24, 2.45) is 0 Å². The molecule has 0 amide bonds. The lowest BCUT2D eigenvalue weighted by molar-refractivity contribution is 0.166. The van der Waals surface area contributed by atoms with E-state index in [0.717, 1.165) is 19.6 Å². The van der Waals surface area contributed by atoms with Crippen LogP contribution in [0.3, 0.4) is 0 Å². The molecule has 106 valence electrons. The molecule has 1 N–H and O–H groups in total. The average Bonchev–Trinajstić information content (AvgIpc) is 2.39. The van der Waals surface area contributed by atoms with E-state index in [1.54, 1.807) is 0 Å². The Balaban J connectivity index is 2.08. The lowest BCUT2D eigenvalue weighted by atomic mass is 10.0. The summed E-state index contributed by atoms with van der Waals surface area (Å²) in [5.41, 5.74) is 4.06. The van der Waals surface area contributed by atoms with Gasteiger partial charge in [0.2, 0.25) is 0 Å². The molecule has 0 saturated carbocycles. The highest BCUT2D eigenvalue weighted by Gasteiger charge is 2.23. The van der Waals surface area contributed by atoms with Crippen molar-refractivity contribution >= 4 is 5.69 Å². The summed E-state index contributed by atoms with van der Waals surface area (Å²) in [6, 6.07) is 7.26. The Labute approximate surface area is 116 Å². The Morgan fingerprint density at radius 3 is 2.84 bits per heavy atom. The fraction of sp³-hybridized carbons (Fsp3) is 0.625. The summed E-state index contributed by atoms with van der Waals surface area (Å²) in [7, 11) is 2.12. The minimum Gasteiger partial charge on any atom is -0.395 e. The molecule has 0 aromatic heterocycles. The van der Waals surface area contributed by atoms with Gasteiger partial charge in [-0.2, -0.15) is 0 Å². The number of likely N-dealkylation sites (N-methyl/N-ethyl adjacent to an activating group) is 1. The molecular weight excluding hydrogens is 236 g/mol. The Morgan fingerprint density at radius 1 is 1.37 bits per heavy atom. The quantitative estimate of drug-likeness (QED) is 0.901. The Bertz CT molecular complexity index is 419. The molecule has 1 fully saturated rings. The van der Waals surface area contributed by atoms with Gasteiger partial charge in [0, 0.05) is 31.4 Å². The zero-order valence-electron chi connectivity index (χ0n) is 12.4. The molecule has 1 heterocycles. The van der Waals surface area contributed by atoms with Crippen LogP contribution in [0.25, 0.3) is 0 Å². The molecule has 3 nitrogen and oxygen atoms in total. The van der Waals surface area contributed by atoms with Crippen molar-refractivity contribution in [3.63, 3.8) is 0 Å². The van der Waals surface area contributed by atoms with Gasteiger partial charge in [-0.25, -0.2) is 0 Å². The maximum Gasteiger partial charge on any atom is 0.0558 e. The second-order valence-electron chi connectivity index (χ2n) is 5.74. The highest BCUT2D eigenvalue weighted by atomic mass is 16.3. The molecule has 2 rings (SSSR count). The number of rotatable bonds is 4. The molecule has 1 aromatic carbocycles. The van der Waals surface area contributed by atoms with Gasteiger partial charge in [0.15, 0.2) is 0 Å². The van der Waals surface area contributed by atoms with Crippen molar-refractivity contribution in [3.05, 3.63) is 29.3 Å². The maximum atomic E-state index is 9.07. The molecule has 0 spiro atoms. The Hall–Kier alpha value is -1.06. The van der Waals surface area contributed by atoms with Crippen LogP contribution in [0.1, 0.15) is 24.0 Å². The number of hydrogen-bond acceptors (Lipinski definition) is 3. The molecule has 1 aliphatic heterocycles. The predicted molar refractivity (Wildman–Crippen MR) is 80.9 cm³/mol. The zero-order valence-corrected chi connectivity index (χ0v) is 12.4. The van der Waals surface area contributed by atoms with Crippen molar-refractivity contribution in [3.8, 4) is 0 Å². The van der Waals surface area contributed by atoms with Crippen LogP contribution in [0.5, 0.6) is 0 Å². The van der Waals surface area contributed by atoms with Gasteiger partial charge in [-0.05, 0) is 45.4 Å². The first kappa shape index (κ1) is 14.4. The number of nitrogens with zero attached hydrogens (tertiary/aromatic N) is 2. The molecule has 0 radical (unpaired) electrons. The second kappa shape index (κ2) is 6.40. The molecule has 1 aromatic rings. The number of aryl methyl sites for hydroxylation is 2. The summed E-state index contributed by atoms with van der Waals surface area (Å²) in [6.45, 7) is 7.57. The zero-order chi connectivity index (χ0) is 13.8. The average molecular weight is 262 g/mol. The molecule has 1 aliphatic rings. The van der Waals surface area contributed by atoms with Crippen LogP contribution in [0, 0.1) is 13.8 Å². The van der Waals surface area contributed by atoms with Crippen molar-refractivity contribution in [1.29, 1.82) is 0 Å². The third-order valence-electron chi connectivity index (χ3n) is 4.17. The van der Waals surface area contributed by atoms with Gasteiger partial charge in [-0.1, -0.05) is 17.7 Å². The third-order valence-corrected chi connectivity index (χ3v) is 4.17. The Kier molecular flexibility index (Phi) is 4.83. The molecule has 3 heteroatoms. The van der Waals surface area contributed by atoms with Crippen LogP contribution < -0.4 is 4.90 Å². The van der Waals surface area contributed by atoms with Gasteiger partial charge in [-0.3, -0.25) is 4.90 Å². The first-order chi connectivity index (χ1) is 9.11. The lowest BCUT2D eigenvalue weighted by Gasteiger charge is -2.39. The number of anilines is 1. The molecular formula is C16H26N2O. The van der Waals surface area contributed by atoms with Crippen molar-refractivity contribution in [2.45, 2.75) is 32.7 Å². The summed E-state index contributed by atoms with van der Waals surface area (Å²) < 4.78 is 0. The van der Waals surface area contributed by atoms with Crippen LogP contribution >= 0.6 is 0 Å². The largest absolute Gasteiger partial charge is 0.395 e. The third kappa shape index (κ3) is 3.48. The summed E-state index contributed by atoms with van der Waals surface area (Å²) in [5.74, 6) is 0. The van der Waals surface area contributed by atoms with Crippen molar-refractivity contribution < 1.29 is 5.11 Å². The minimum absolute atomic E-state index is 0.247. The van der Waals surface area contributed by atoms with E-state index in [-0.39, 0.29) is 6.61 Å². The van der Waals surface area contributed by atoms with Crippen LogP contribution in [-0.4, -0.2) is 49.3 Å². The van der Waals surface area contributed by atoms with Gasteiger partial charge >= 0.3 is 0 Å². The van der Waals surface area contributed by atoms with Crippen molar-refractivity contribution in [2.75, 3.05) is 38.2 Å². The van der Waals surface area contributed by atoms with Crippen LogP contribution in [0.4, 0.5) is 5.69 Å². The van der Waals surface area contributed by atoms with E-state index in [2.05, 4.69) is 48.9 Å². The predicted octanol–water partition coefficient (Wildman–Crippen LogP) is 2.20. The molecule has 19 heavy (non-hydrogen) atoms. The van der Waals surface area contributed by atoms with Gasteiger partial charge in [0.05, 0.1) is 6.61 Å². The van der Waals surface area contributed by atoms with Crippen LogP contribution in [0.2, 0.25) is 0 Å². The van der Waals surface area contributed by atoms with E-state index in [4.69, 9.17) is 5.11 Å². The molecule has 0 bridgehead atoms. The lowest BCUT2D eigenvalue weighted by Crippen LogP contribution is -2.47. The highest BCUT2D eigenvalue weighted by Crippen LogP contribution is 2.25. The first-order valence-corrected chi connectivity index (χ1v) is 7.25. The summed E-state index contributed by atoms with van der Waals surface area (Å²) in [4.78, 5) is 4.78. The van der Waals surface area contributed by atoms with E-state index in [1.807, 2.05) is 0 Å². The number of benzene rings is 1. The van der Waals surface area contributed by atoms with Crippen molar-refractivity contribution in [1.82, 2.24) is 4.90 Å². The van der Waals surface area contributed by atoms with Crippen LogP contribution in [-0.2, 0) is 0 Å². The number of hydrogen-bond donors (Lipinski definition) is 1. The second-order valence-corrected chi connectivity index (χ2v) is 5.74. The van der Waals surface area contributed by atoms with Crippen LogP contribution in [0.15, 0.2) is 18.2 Å². The van der Waals surface area contributed by atoms with E-state index in [1.165, 1.54) is 29.7 Å². The fourth-order valence-corrected chi connectivity index (χ4v) is 3.03. The van der Waals surface area contributed by atoms with Gasteiger partial charge < -0.3 is 10.0 Å². The molecule has 0 aliphatic carbocycles.